The van der Waals surface area contributed by atoms with Crippen LogP contribution in [0.1, 0.15) is 21.5 Å². The van der Waals surface area contributed by atoms with Crippen LogP contribution in [0.3, 0.4) is 0 Å². The van der Waals surface area contributed by atoms with Gasteiger partial charge in [0.1, 0.15) is 11.6 Å². The van der Waals surface area contributed by atoms with Gasteiger partial charge in [-0.2, -0.15) is 0 Å². The van der Waals surface area contributed by atoms with Crippen LogP contribution >= 0.6 is 0 Å². The van der Waals surface area contributed by atoms with E-state index < -0.39 is 27.6 Å². The summed E-state index contributed by atoms with van der Waals surface area (Å²) < 4.78 is 54.3. The van der Waals surface area contributed by atoms with E-state index in [-0.39, 0.29) is 16.1 Å². The van der Waals surface area contributed by atoms with Gasteiger partial charge in [0.05, 0.1) is 4.90 Å². The number of benzene rings is 3. The number of hydrogen-bond donors (Lipinski definition) is 2. The molecular weight excluding hydrogens is 398 g/mol. The summed E-state index contributed by atoms with van der Waals surface area (Å²) in [6.45, 7) is 3.31. The predicted octanol–water partition coefficient (Wildman–Crippen LogP) is 4.63. The zero-order valence-corrected chi connectivity index (χ0v) is 16.5. The monoisotopic (exact) mass is 416 g/mol. The minimum absolute atomic E-state index is 0.0922. The molecule has 0 fully saturated rings. The second-order valence-corrected chi connectivity index (χ2v) is 8.16. The van der Waals surface area contributed by atoms with Gasteiger partial charge in [-0.3, -0.25) is 9.52 Å². The largest absolute Gasteiger partial charge is 0.322 e. The molecule has 29 heavy (non-hydrogen) atoms. The second-order valence-electron chi connectivity index (χ2n) is 6.51. The first-order valence-electron chi connectivity index (χ1n) is 8.62. The highest BCUT2D eigenvalue weighted by Crippen LogP contribution is 2.23. The Morgan fingerprint density at radius 1 is 0.828 bits per heavy atom. The number of hydrogen-bond acceptors (Lipinski definition) is 3. The third-order valence-corrected chi connectivity index (χ3v) is 5.81. The van der Waals surface area contributed by atoms with Crippen LogP contribution < -0.4 is 10.0 Å². The van der Waals surface area contributed by atoms with Crippen LogP contribution in [0.15, 0.2) is 65.6 Å². The van der Waals surface area contributed by atoms with Gasteiger partial charge in [-0.1, -0.05) is 12.1 Å². The maximum atomic E-state index is 13.4. The van der Waals surface area contributed by atoms with E-state index in [2.05, 4.69) is 10.0 Å². The molecule has 3 rings (SSSR count). The number of carbonyl (C=O) groups is 1. The zero-order valence-electron chi connectivity index (χ0n) is 15.7. The predicted molar refractivity (Wildman–Crippen MR) is 107 cm³/mol. The maximum absolute atomic E-state index is 13.4. The van der Waals surface area contributed by atoms with Crippen molar-refractivity contribution >= 4 is 27.3 Å². The smallest absolute Gasteiger partial charge is 0.262 e. The fraction of sp³-hybridized carbons (Fsp3) is 0.0952. The van der Waals surface area contributed by atoms with Crippen molar-refractivity contribution in [3.8, 4) is 0 Å². The van der Waals surface area contributed by atoms with Crippen molar-refractivity contribution < 1.29 is 22.0 Å². The third-order valence-electron chi connectivity index (χ3n) is 4.28. The summed E-state index contributed by atoms with van der Waals surface area (Å²) in [6, 6.07) is 13.1. The van der Waals surface area contributed by atoms with E-state index in [9.17, 15) is 22.0 Å². The average Bonchev–Trinajstić information content (AvgIpc) is 2.66. The Balaban J connectivity index is 1.89. The van der Waals surface area contributed by atoms with E-state index in [1.165, 1.54) is 48.5 Å². The molecule has 2 N–H and O–H groups in total. The number of halogens is 2. The molecule has 8 heteroatoms. The van der Waals surface area contributed by atoms with Gasteiger partial charge >= 0.3 is 0 Å². The first-order chi connectivity index (χ1) is 13.7. The SMILES string of the molecule is Cc1ccc(F)cc1NC(=O)c1ccc(C)c(S(=O)(=O)Nc2ccc(F)cc2)c1. The molecule has 1 amide bonds. The lowest BCUT2D eigenvalue weighted by Crippen LogP contribution is -2.17. The Labute approximate surface area is 167 Å². The van der Waals surface area contributed by atoms with Crippen molar-refractivity contribution in [2.45, 2.75) is 18.7 Å². The Bertz CT molecular complexity index is 1180. The molecule has 0 aliphatic heterocycles. The molecule has 0 heterocycles. The van der Waals surface area contributed by atoms with E-state index in [1.807, 2.05) is 0 Å². The topological polar surface area (TPSA) is 75.3 Å². The fourth-order valence-electron chi connectivity index (χ4n) is 2.68. The molecule has 3 aromatic carbocycles. The average molecular weight is 416 g/mol. The van der Waals surface area contributed by atoms with Crippen molar-refractivity contribution in [3.63, 3.8) is 0 Å². The lowest BCUT2D eigenvalue weighted by atomic mass is 10.1. The molecule has 0 radical (unpaired) electrons. The number of anilines is 2. The molecule has 0 bridgehead atoms. The summed E-state index contributed by atoms with van der Waals surface area (Å²) in [5.74, 6) is -1.56. The Kier molecular flexibility index (Phi) is 5.65. The highest BCUT2D eigenvalue weighted by atomic mass is 32.2. The van der Waals surface area contributed by atoms with Gasteiger partial charge in [-0.05, 0) is 73.5 Å². The normalized spacial score (nSPS) is 11.2. The van der Waals surface area contributed by atoms with Gasteiger partial charge in [-0.15, -0.1) is 0 Å². The van der Waals surface area contributed by atoms with Crippen molar-refractivity contribution in [3.05, 3.63) is 89.0 Å². The van der Waals surface area contributed by atoms with E-state index >= 15 is 0 Å². The van der Waals surface area contributed by atoms with Crippen LogP contribution in [0.4, 0.5) is 20.2 Å². The third kappa shape index (κ3) is 4.78. The van der Waals surface area contributed by atoms with Crippen LogP contribution in [0.25, 0.3) is 0 Å². The van der Waals surface area contributed by atoms with Crippen molar-refractivity contribution in [2.75, 3.05) is 10.0 Å². The number of sulfonamides is 1. The van der Waals surface area contributed by atoms with Gasteiger partial charge in [0.2, 0.25) is 0 Å². The second kappa shape index (κ2) is 8.00. The molecule has 3 aromatic rings. The number of carbonyl (C=O) groups excluding carboxylic acids is 1. The Morgan fingerprint density at radius 2 is 1.45 bits per heavy atom. The molecule has 0 saturated carbocycles. The molecule has 5 nitrogen and oxygen atoms in total. The summed E-state index contributed by atoms with van der Waals surface area (Å²) in [7, 11) is -4.01. The quantitative estimate of drug-likeness (QED) is 0.637. The standard InChI is InChI=1S/C21H18F2N2O3S/c1-13-4-6-17(23)12-19(13)24-21(26)15-5-3-14(2)20(11-15)29(27,28)25-18-9-7-16(22)8-10-18/h3-12,25H,1-2H3,(H,24,26). The fourth-order valence-corrected chi connectivity index (χ4v) is 4.01. The lowest BCUT2D eigenvalue weighted by Gasteiger charge is -2.13. The van der Waals surface area contributed by atoms with Crippen molar-refractivity contribution in [2.24, 2.45) is 0 Å². The van der Waals surface area contributed by atoms with Crippen molar-refractivity contribution in [1.29, 1.82) is 0 Å². The number of amides is 1. The summed E-state index contributed by atoms with van der Waals surface area (Å²) in [6.07, 6.45) is 0. The molecule has 0 spiro atoms. The van der Waals surface area contributed by atoms with Crippen LogP contribution in [-0.2, 0) is 10.0 Å². The summed E-state index contributed by atoms with van der Waals surface area (Å²) >= 11 is 0. The maximum Gasteiger partial charge on any atom is 0.262 e. The minimum atomic E-state index is -4.01. The molecule has 0 atom stereocenters. The van der Waals surface area contributed by atoms with Gasteiger partial charge in [0.15, 0.2) is 0 Å². The summed E-state index contributed by atoms with van der Waals surface area (Å²) in [5.41, 5.74) is 1.68. The molecular formula is C21H18F2N2O3S. The number of aryl methyl sites for hydroxylation is 2. The lowest BCUT2D eigenvalue weighted by molar-refractivity contribution is 0.102. The highest BCUT2D eigenvalue weighted by Gasteiger charge is 2.20. The van der Waals surface area contributed by atoms with E-state index in [0.717, 1.165) is 12.1 Å². The van der Waals surface area contributed by atoms with Crippen LogP contribution in [0.2, 0.25) is 0 Å². The van der Waals surface area contributed by atoms with E-state index in [1.54, 1.807) is 13.8 Å². The molecule has 0 aromatic heterocycles. The Hall–Kier alpha value is -3.26. The van der Waals surface area contributed by atoms with Gasteiger partial charge in [0.25, 0.3) is 15.9 Å². The molecule has 0 aliphatic rings. The van der Waals surface area contributed by atoms with Crippen LogP contribution in [-0.4, -0.2) is 14.3 Å². The Morgan fingerprint density at radius 3 is 2.14 bits per heavy atom. The molecule has 150 valence electrons. The first-order valence-corrected chi connectivity index (χ1v) is 10.1. The zero-order chi connectivity index (χ0) is 21.2. The number of rotatable bonds is 5. The first kappa shape index (κ1) is 20.5. The van der Waals surface area contributed by atoms with Gasteiger partial charge < -0.3 is 5.32 Å². The van der Waals surface area contributed by atoms with Gasteiger partial charge in [-0.25, -0.2) is 17.2 Å². The van der Waals surface area contributed by atoms with E-state index in [4.69, 9.17) is 0 Å². The van der Waals surface area contributed by atoms with Crippen LogP contribution in [0.5, 0.6) is 0 Å². The summed E-state index contributed by atoms with van der Waals surface area (Å²) in [4.78, 5) is 12.5. The van der Waals surface area contributed by atoms with Gasteiger partial charge in [0, 0.05) is 16.9 Å². The highest BCUT2D eigenvalue weighted by molar-refractivity contribution is 7.92. The molecule has 0 aliphatic carbocycles. The molecule has 0 saturated heterocycles. The van der Waals surface area contributed by atoms with Crippen molar-refractivity contribution in [1.82, 2.24) is 0 Å². The molecule has 0 unspecified atom stereocenters. The van der Waals surface area contributed by atoms with E-state index in [0.29, 0.717) is 16.8 Å². The van der Waals surface area contributed by atoms with Crippen LogP contribution in [0, 0.1) is 25.5 Å². The number of nitrogens with one attached hydrogen (secondary N) is 2. The summed E-state index contributed by atoms with van der Waals surface area (Å²) in [5, 5.41) is 2.59. The minimum Gasteiger partial charge on any atom is -0.322 e.